The van der Waals surface area contributed by atoms with Crippen molar-refractivity contribution in [2.24, 2.45) is 11.8 Å². The van der Waals surface area contributed by atoms with Gasteiger partial charge >= 0.3 is 0 Å². The van der Waals surface area contributed by atoms with E-state index < -0.39 is 17.7 Å². The van der Waals surface area contributed by atoms with E-state index in [4.69, 9.17) is 0 Å². The van der Waals surface area contributed by atoms with Crippen LogP contribution in [0.4, 0.5) is 8.78 Å². The van der Waals surface area contributed by atoms with Gasteiger partial charge in [-0.1, -0.05) is 25.8 Å². The van der Waals surface area contributed by atoms with Crippen LogP contribution in [0, 0.1) is 23.5 Å². The van der Waals surface area contributed by atoms with Crippen LogP contribution in [0.3, 0.4) is 0 Å². The van der Waals surface area contributed by atoms with Gasteiger partial charge in [-0.05, 0) is 36.3 Å². The summed E-state index contributed by atoms with van der Waals surface area (Å²) in [4.78, 5) is 0. The zero-order chi connectivity index (χ0) is 13.1. The molecule has 1 saturated carbocycles. The molecule has 0 radical (unpaired) electrons. The second kappa shape index (κ2) is 5.79. The van der Waals surface area contributed by atoms with Crippen molar-refractivity contribution in [3.05, 3.63) is 35.4 Å². The molecule has 100 valence electrons. The van der Waals surface area contributed by atoms with E-state index in [1.54, 1.807) is 0 Å². The van der Waals surface area contributed by atoms with Crippen LogP contribution in [0.1, 0.15) is 38.2 Å². The Morgan fingerprint density at radius 2 is 1.89 bits per heavy atom. The molecule has 0 amide bonds. The van der Waals surface area contributed by atoms with Gasteiger partial charge in [0.25, 0.3) is 0 Å². The van der Waals surface area contributed by atoms with Crippen molar-refractivity contribution in [1.82, 2.24) is 0 Å². The number of hydrogen-bond acceptors (Lipinski definition) is 1. The van der Waals surface area contributed by atoms with Gasteiger partial charge in [0.1, 0.15) is 11.6 Å². The van der Waals surface area contributed by atoms with Gasteiger partial charge in [-0.25, -0.2) is 8.78 Å². The zero-order valence-electron chi connectivity index (χ0n) is 10.7. The molecule has 0 aliphatic heterocycles. The molecule has 1 nitrogen and oxygen atoms in total. The summed E-state index contributed by atoms with van der Waals surface area (Å²) < 4.78 is 26.3. The number of aliphatic hydroxyl groups is 1. The minimum Gasteiger partial charge on any atom is -0.392 e. The third-order valence-electron chi connectivity index (χ3n) is 4.05. The van der Waals surface area contributed by atoms with Gasteiger partial charge in [0, 0.05) is 12.5 Å². The predicted molar refractivity (Wildman–Crippen MR) is 67.2 cm³/mol. The molecular formula is C15H20F2O. The summed E-state index contributed by atoms with van der Waals surface area (Å²) in [7, 11) is 0. The fourth-order valence-electron chi connectivity index (χ4n) is 2.75. The Kier molecular flexibility index (Phi) is 4.33. The molecule has 0 spiro atoms. The molecule has 1 N–H and O–H groups in total. The Balaban J connectivity index is 1.96. The highest BCUT2D eigenvalue weighted by molar-refractivity contribution is 5.19. The lowest BCUT2D eigenvalue weighted by Gasteiger charge is -2.30. The Morgan fingerprint density at radius 1 is 1.22 bits per heavy atom. The molecule has 3 heteroatoms. The third kappa shape index (κ3) is 3.29. The Morgan fingerprint density at radius 3 is 2.50 bits per heavy atom. The van der Waals surface area contributed by atoms with E-state index in [1.807, 2.05) is 0 Å². The molecule has 18 heavy (non-hydrogen) atoms. The first-order chi connectivity index (χ1) is 8.56. The van der Waals surface area contributed by atoms with Crippen molar-refractivity contribution in [2.75, 3.05) is 0 Å². The average Bonchev–Trinajstić information content (AvgIpc) is 2.33. The minimum absolute atomic E-state index is 0.255. The maximum Gasteiger partial charge on any atom is 0.129 e. The minimum atomic E-state index is -0.572. The summed E-state index contributed by atoms with van der Waals surface area (Å²) >= 11 is 0. The van der Waals surface area contributed by atoms with Gasteiger partial charge < -0.3 is 5.11 Å². The number of benzene rings is 1. The first kappa shape index (κ1) is 13.5. The van der Waals surface area contributed by atoms with Crippen LogP contribution in [0.5, 0.6) is 0 Å². The smallest absolute Gasteiger partial charge is 0.129 e. The number of hydrogen-bond donors (Lipinski definition) is 1. The first-order valence-corrected chi connectivity index (χ1v) is 6.68. The fourth-order valence-corrected chi connectivity index (χ4v) is 2.75. The summed E-state index contributed by atoms with van der Waals surface area (Å²) in [5.74, 6) is -0.142. The molecular weight excluding hydrogens is 234 g/mol. The van der Waals surface area contributed by atoms with E-state index in [-0.39, 0.29) is 12.3 Å². The molecule has 1 aliphatic rings. The van der Waals surface area contributed by atoms with Gasteiger partial charge in [0.15, 0.2) is 0 Å². The third-order valence-corrected chi connectivity index (χ3v) is 4.05. The summed E-state index contributed by atoms with van der Waals surface area (Å²) in [5.41, 5.74) is 0.405. The van der Waals surface area contributed by atoms with E-state index in [9.17, 15) is 13.9 Å². The number of aliphatic hydroxyl groups excluding tert-OH is 1. The summed E-state index contributed by atoms with van der Waals surface area (Å²) in [5, 5.41) is 10.1. The molecule has 1 aliphatic carbocycles. The normalized spacial score (nSPS) is 26.0. The maximum atomic E-state index is 13.5. The lowest BCUT2D eigenvalue weighted by atomic mass is 9.79. The van der Waals surface area contributed by atoms with Crippen LogP contribution in [0.2, 0.25) is 0 Å². The topological polar surface area (TPSA) is 20.2 Å². The van der Waals surface area contributed by atoms with E-state index >= 15 is 0 Å². The number of rotatable bonds is 3. The molecule has 1 fully saturated rings. The quantitative estimate of drug-likeness (QED) is 0.872. The van der Waals surface area contributed by atoms with Crippen LogP contribution in [0.15, 0.2) is 18.2 Å². The van der Waals surface area contributed by atoms with Crippen molar-refractivity contribution in [2.45, 2.75) is 45.1 Å². The molecule has 0 aromatic heterocycles. The average molecular weight is 254 g/mol. The van der Waals surface area contributed by atoms with Crippen molar-refractivity contribution < 1.29 is 13.9 Å². The highest BCUT2D eigenvalue weighted by Gasteiger charge is 2.25. The van der Waals surface area contributed by atoms with Crippen molar-refractivity contribution in [3.8, 4) is 0 Å². The van der Waals surface area contributed by atoms with Crippen LogP contribution in [0.25, 0.3) is 0 Å². The van der Waals surface area contributed by atoms with Gasteiger partial charge in [-0.15, -0.1) is 0 Å². The maximum absolute atomic E-state index is 13.5. The van der Waals surface area contributed by atoms with E-state index in [1.165, 1.54) is 12.1 Å². The molecule has 1 aromatic rings. The van der Waals surface area contributed by atoms with E-state index in [0.29, 0.717) is 5.56 Å². The molecule has 1 unspecified atom stereocenters. The van der Waals surface area contributed by atoms with Crippen molar-refractivity contribution in [1.29, 1.82) is 0 Å². The molecule has 0 heterocycles. The lowest BCUT2D eigenvalue weighted by molar-refractivity contribution is 0.0753. The SMILES string of the molecule is CC1CCC(C(O)Cc2ccc(F)cc2F)CC1. The first-order valence-electron chi connectivity index (χ1n) is 6.68. The highest BCUT2D eigenvalue weighted by Crippen LogP contribution is 2.31. The van der Waals surface area contributed by atoms with Crippen molar-refractivity contribution >= 4 is 0 Å². The summed E-state index contributed by atoms with van der Waals surface area (Å²) in [6.45, 7) is 2.22. The second-order valence-corrected chi connectivity index (χ2v) is 5.53. The summed E-state index contributed by atoms with van der Waals surface area (Å²) in [6, 6.07) is 3.55. The molecule has 1 atom stereocenters. The van der Waals surface area contributed by atoms with Gasteiger partial charge in [-0.2, -0.15) is 0 Å². The van der Waals surface area contributed by atoms with E-state index in [0.717, 1.165) is 37.7 Å². The molecule has 2 rings (SSSR count). The predicted octanol–water partition coefficient (Wildman–Crippen LogP) is 3.69. The highest BCUT2D eigenvalue weighted by atomic mass is 19.1. The van der Waals surface area contributed by atoms with Crippen molar-refractivity contribution in [3.63, 3.8) is 0 Å². The molecule has 0 saturated heterocycles. The fraction of sp³-hybridized carbons (Fsp3) is 0.600. The molecule has 0 bridgehead atoms. The van der Waals surface area contributed by atoms with Crippen LogP contribution < -0.4 is 0 Å². The Labute approximate surface area is 107 Å². The van der Waals surface area contributed by atoms with Crippen LogP contribution in [-0.4, -0.2) is 11.2 Å². The van der Waals surface area contributed by atoms with Gasteiger partial charge in [0.2, 0.25) is 0 Å². The standard InChI is InChI=1S/C15H20F2O/c1-10-2-4-11(5-3-10)15(18)8-12-6-7-13(16)9-14(12)17/h6-7,9-11,15,18H,2-5,8H2,1H3. The van der Waals surface area contributed by atoms with Crippen LogP contribution in [-0.2, 0) is 6.42 Å². The monoisotopic (exact) mass is 254 g/mol. The number of halogens is 2. The molecule has 1 aromatic carbocycles. The second-order valence-electron chi connectivity index (χ2n) is 5.53. The van der Waals surface area contributed by atoms with Gasteiger partial charge in [-0.3, -0.25) is 0 Å². The van der Waals surface area contributed by atoms with Gasteiger partial charge in [0.05, 0.1) is 6.10 Å². The largest absolute Gasteiger partial charge is 0.392 e. The Bertz CT molecular complexity index is 397. The Hall–Kier alpha value is -0.960. The lowest BCUT2D eigenvalue weighted by Crippen LogP contribution is -2.27. The summed E-state index contributed by atoms with van der Waals surface area (Å²) in [6.07, 6.45) is 4.04. The van der Waals surface area contributed by atoms with Crippen LogP contribution >= 0.6 is 0 Å². The zero-order valence-corrected chi connectivity index (χ0v) is 10.7. The van der Waals surface area contributed by atoms with E-state index in [2.05, 4.69) is 6.92 Å².